The number of nitrogens with two attached hydrogens (primary N) is 1. The maximum atomic E-state index is 13.8. The Morgan fingerprint density at radius 3 is 2.66 bits per heavy atom. The molecule has 1 amide bonds. The van der Waals surface area contributed by atoms with E-state index in [9.17, 15) is 4.79 Å². The van der Waals surface area contributed by atoms with Gasteiger partial charge in [-0.05, 0) is 37.1 Å². The average Bonchev–Trinajstić information content (AvgIpc) is 3.58. The number of benzene rings is 1. The second-order valence-corrected chi connectivity index (χ2v) is 10.1. The van der Waals surface area contributed by atoms with Crippen LogP contribution in [0.1, 0.15) is 40.0 Å². The molecule has 190 valence electrons. The predicted molar refractivity (Wildman–Crippen MR) is 147 cm³/mol. The maximum Gasteiger partial charge on any atom is 0.255 e. The molecule has 0 saturated heterocycles. The van der Waals surface area contributed by atoms with Gasteiger partial charge in [-0.3, -0.25) is 19.1 Å². The molecule has 11 heteroatoms. The molecule has 1 saturated carbocycles. The summed E-state index contributed by atoms with van der Waals surface area (Å²) in [5.41, 5.74) is 10.1. The molecule has 4 aromatic heterocycles. The minimum Gasteiger partial charge on any atom is -0.383 e. The number of carbonyl (C=O) groups excluding carboxylic acids is 1. The largest absolute Gasteiger partial charge is 0.383 e. The van der Waals surface area contributed by atoms with Gasteiger partial charge in [0.25, 0.3) is 5.91 Å². The third kappa shape index (κ3) is 4.42. The molecule has 5 aromatic rings. The van der Waals surface area contributed by atoms with E-state index in [0.29, 0.717) is 39.2 Å². The number of pyridine rings is 2. The molecule has 0 aliphatic heterocycles. The first-order valence-electron chi connectivity index (χ1n) is 12.0. The van der Waals surface area contributed by atoms with Crippen LogP contribution in [0.3, 0.4) is 0 Å². The molecule has 38 heavy (non-hydrogen) atoms. The van der Waals surface area contributed by atoms with Crippen LogP contribution in [0.25, 0.3) is 21.8 Å². The van der Waals surface area contributed by atoms with E-state index in [0.717, 1.165) is 40.4 Å². The van der Waals surface area contributed by atoms with Crippen molar-refractivity contribution in [3.8, 4) is 11.8 Å². The van der Waals surface area contributed by atoms with E-state index in [1.807, 2.05) is 24.1 Å². The second kappa shape index (κ2) is 9.31. The summed E-state index contributed by atoms with van der Waals surface area (Å²) < 4.78 is 3.34. The van der Waals surface area contributed by atoms with Gasteiger partial charge in [-0.1, -0.05) is 35.0 Å². The van der Waals surface area contributed by atoms with E-state index in [-0.39, 0.29) is 11.9 Å². The summed E-state index contributed by atoms with van der Waals surface area (Å²) in [6.07, 6.45) is 7.01. The van der Waals surface area contributed by atoms with Crippen molar-refractivity contribution in [2.45, 2.75) is 25.4 Å². The highest BCUT2D eigenvalue weighted by atomic mass is 35.5. The topological polar surface area (TPSA) is 108 Å². The number of aromatic nitrogens is 6. The van der Waals surface area contributed by atoms with Crippen molar-refractivity contribution >= 4 is 56.7 Å². The van der Waals surface area contributed by atoms with Gasteiger partial charge in [0.1, 0.15) is 5.82 Å². The first kappa shape index (κ1) is 24.2. The van der Waals surface area contributed by atoms with Gasteiger partial charge in [-0.15, -0.1) is 0 Å². The van der Waals surface area contributed by atoms with Crippen molar-refractivity contribution in [3.05, 3.63) is 75.4 Å². The van der Waals surface area contributed by atoms with Crippen molar-refractivity contribution < 1.29 is 4.79 Å². The summed E-state index contributed by atoms with van der Waals surface area (Å²) in [6, 6.07) is 7.39. The fraction of sp³-hybridized carbons (Fsp3) is 0.222. The number of carbonyl (C=O) groups is 1. The van der Waals surface area contributed by atoms with Crippen LogP contribution in [0, 0.1) is 11.8 Å². The van der Waals surface area contributed by atoms with Crippen LogP contribution in [-0.4, -0.2) is 46.4 Å². The fourth-order valence-electron chi connectivity index (χ4n) is 4.50. The summed E-state index contributed by atoms with van der Waals surface area (Å²) in [4.78, 5) is 24.6. The Hall–Kier alpha value is -4.13. The first-order chi connectivity index (χ1) is 18.3. The van der Waals surface area contributed by atoms with Crippen LogP contribution in [0.5, 0.6) is 0 Å². The number of rotatable bonds is 4. The number of halogens is 2. The number of nitrogen functional groups attached to an aromatic ring is 1. The number of hydrogen-bond acceptors (Lipinski definition) is 6. The monoisotopic (exact) mass is 544 g/mol. The molecule has 4 heterocycles. The predicted octanol–water partition coefficient (Wildman–Crippen LogP) is 4.34. The summed E-state index contributed by atoms with van der Waals surface area (Å²) in [6.45, 7) is 0.362. The summed E-state index contributed by atoms with van der Waals surface area (Å²) in [5, 5.41) is 10.6. The number of fused-ring (bicyclic) bond motifs is 3. The van der Waals surface area contributed by atoms with Gasteiger partial charge >= 0.3 is 0 Å². The zero-order valence-electron chi connectivity index (χ0n) is 20.6. The van der Waals surface area contributed by atoms with E-state index >= 15 is 0 Å². The van der Waals surface area contributed by atoms with Crippen LogP contribution < -0.4 is 5.73 Å². The quantitative estimate of drug-likeness (QED) is 0.337. The lowest BCUT2D eigenvalue weighted by atomic mass is 10.1. The van der Waals surface area contributed by atoms with Gasteiger partial charge in [0.05, 0.1) is 51.0 Å². The van der Waals surface area contributed by atoms with Crippen LogP contribution in [0.2, 0.25) is 10.2 Å². The van der Waals surface area contributed by atoms with Gasteiger partial charge in [0.2, 0.25) is 0 Å². The standard InChI is InChI=1S/C27H22Cl2N8O/c1-35-13-16(25(29)34-35)5-3-15-4-6-17(31-11-15)14-37(18-7-8-18)27(38)19-9-20-23(10-22(19)28)33-26(30)21-12-32-36(2)24(20)21/h4,6,9-13,18H,7-8,14H2,1-2H3,(H2,30,33). The Bertz CT molecular complexity index is 1790. The zero-order chi connectivity index (χ0) is 26.6. The van der Waals surface area contributed by atoms with E-state index < -0.39 is 0 Å². The molecule has 1 aliphatic rings. The number of hydrogen-bond donors (Lipinski definition) is 1. The van der Waals surface area contributed by atoms with Gasteiger partial charge in [0.15, 0.2) is 5.15 Å². The van der Waals surface area contributed by atoms with Crippen molar-refractivity contribution in [2.75, 3.05) is 5.73 Å². The third-order valence-corrected chi connectivity index (χ3v) is 7.15. The Labute approximate surface area is 228 Å². The molecule has 0 radical (unpaired) electrons. The number of nitrogens with zero attached hydrogens (tertiary/aromatic N) is 7. The third-order valence-electron chi connectivity index (χ3n) is 6.56. The van der Waals surface area contributed by atoms with Crippen molar-refractivity contribution in [1.82, 2.24) is 34.4 Å². The van der Waals surface area contributed by atoms with Gasteiger partial charge in [0, 0.05) is 43.5 Å². The van der Waals surface area contributed by atoms with Crippen LogP contribution in [0.4, 0.5) is 5.82 Å². The highest BCUT2D eigenvalue weighted by molar-refractivity contribution is 6.35. The summed E-state index contributed by atoms with van der Waals surface area (Å²) in [5.74, 6) is 6.29. The molecule has 1 fully saturated rings. The van der Waals surface area contributed by atoms with E-state index in [1.165, 1.54) is 0 Å². The lowest BCUT2D eigenvalue weighted by Gasteiger charge is -2.23. The van der Waals surface area contributed by atoms with Gasteiger partial charge in [-0.2, -0.15) is 10.2 Å². The maximum absolute atomic E-state index is 13.8. The van der Waals surface area contributed by atoms with Crippen LogP contribution >= 0.6 is 23.2 Å². The SMILES string of the molecule is Cn1cc(C#Cc2ccc(CN(C(=O)c3cc4c(cc3Cl)nc(N)c3cnn(C)c34)C3CC3)nc2)c(Cl)n1. The molecule has 1 aliphatic carbocycles. The number of anilines is 1. The molecule has 0 spiro atoms. The average molecular weight is 545 g/mol. The molecule has 1 aromatic carbocycles. The highest BCUT2D eigenvalue weighted by Crippen LogP contribution is 2.34. The summed E-state index contributed by atoms with van der Waals surface area (Å²) in [7, 11) is 3.62. The molecule has 0 bridgehead atoms. The second-order valence-electron chi connectivity index (χ2n) is 9.34. The molecular weight excluding hydrogens is 523 g/mol. The molecular formula is C27H22Cl2N8O. The van der Waals surface area contributed by atoms with Crippen LogP contribution in [0.15, 0.2) is 42.9 Å². The van der Waals surface area contributed by atoms with Crippen molar-refractivity contribution in [1.29, 1.82) is 0 Å². The van der Waals surface area contributed by atoms with Crippen molar-refractivity contribution in [2.24, 2.45) is 14.1 Å². The molecule has 6 rings (SSSR count). The molecule has 9 nitrogen and oxygen atoms in total. The smallest absolute Gasteiger partial charge is 0.255 e. The lowest BCUT2D eigenvalue weighted by molar-refractivity contribution is 0.0728. The van der Waals surface area contributed by atoms with Gasteiger partial charge < -0.3 is 10.6 Å². The zero-order valence-corrected chi connectivity index (χ0v) is 22.1. The lowest BCUT2D eigenvalue weighted by Crippen LogP contribution is -2.33. The number of aryl methyl sites for hydroxylation is 2. The minimum atomic E-state index is -0.150. The van der Waals surface area contributed by atoms with Crippen molar-refractivity contribution in [3.63, 3.8) is 0 Å². The Morgan fingerprint density at radius 2 is 1.97 bits per heavy atom. The Kier molecular flexibility index (Phi) is 5.94. The van der Waals surface area contributed by atoms with E-state index in [1.54, 1.807) is 47.1 Å². The minimum absolute atomic E-state index is 0.143. The first-order valence-corrected chi connectivity index (χ1v) is 12.7. The normalized spacial score (nSPS) is 13.1. The van der Waals surface area contributed by atoms with E-state index in [2.05, 4.69) is 32.0 Å². The highest BCUT2D eigenvalue weighted by Gasteiger charge is 2.34. The van der Waals surface area contributed by atoms with Crippen LogP contribution in [-0.2, 0) is 20.6 Å². The van der Waals surface area contributed by atoms with Gasteiger partial charge in [-0.25, -0.2) is 4.98 Å². The Morgan fingerprint density at radius 1 is 1.16 bits per heavy atom. The number of amides is 1. The Balaban J connectivity index is 1.29. The fourth-order valence-corrected chi connectivity index (χ4v) is 4.96. The molecule has 0 atom stereocenters. The van der Waals surface area contributed by atoms with E-state index in [4.69, 9.17) is 28.9 Å². The molecule has 0 unspecified atom stereocenters. The summed E-state index contributed by atoms with van der Waals surface area (Å²) >= 11 is 12.7. The molecule has 2 N–H and O–H groups in total.